The molecule has 3 aromatic rings. The van der Waals surface area contributed by atoms with Gasteiger partial charge in [-0.2, -0.15) is 0 Å². The van der Waals surface area contributed by atoms with Crippen LogP contribution in [-0.2, 0) is 0 Å². The van der Waals surface area contributed by atoms with E-state index in [0.29, 0.717) is 11.7 Å². The molecule has 100 valence electrons. The van der Waals surface area contributed by atoms with Gasteiger partial charge in [-0.05, 0) is 30.4 Å². The van der Waals surface area contributed by atoms with E-state index in [-0.39, 0.29) is 0 Å². The third-order valence-corrected chi connectivity index (χ3v) is 4.01. The zero-order chi connectivity index (χ0) is 13.5. The maximum absolute atomic E-state index is 10.2. The standard InChI is InChI=1S/C18H16O2/c19-17(13-9-10-13)16-11-14-7-4-8-15(18(14)20-16)12-5-2-1-3-6-12/h1-8,11,13,17,19H,9-10H2. The first-order valence-corrected chi connectivity index (χ1v) is 7.09. The van der Waals surface area contributed by atoms with Crippen LogP contribution in [0.15, 0.2) is 59.0 Å². The lowest BCUT2D eigenvalue weighted by atomic mass is 10.0. The molecule has 2 aromatic carbocycles. The molecule has 1 aromatic heterocycles. The maximum atomic E-state index is 10.2. The van der Waals surface area contributed by atoms with Crippen molar-refractivity contribution < 1.29 is 9.52 Å². The van der Waals surface area contributed by atoms with Crippen LogP contribution in [0.25, 0.3) is 22.1 Å². The Morgan fingerprint density at radius 3 is 2.55 bits per heavy atom. The van der Waals surface area contributed by atoms with Crippen molar-refractivity contribution in [1.82, 2.24) is 0 Å². The van der Waals surface area contributed by atoms with E-state index >= 15 is 0 Å². The summed E-state index contributed by atoms with van der Waals surface area (Å²) in [6.45, 7) is 0. The van der Waals surface area contributed by atoms with Crippen LogP contribution in [0.5, 0.6) is 0 Å². The van der Waals surface area contributed by atoms with E-state index < -0.39 is 6.10 Å². The molecule has 0 spiro atoms. The fraction of sp³-hybridized carbons (Fsp3) is 0.222. The van der Waals surface area contributed by atoms with E-state index in [1.807, 2.05) is 36.4 Å². The van der Waals surface area contributed by atoms with Gasteiger partial charge in [-0.15, -0.1) is 0 Å². The monoisotopic (exact) mass is 264 g/mol. The number of hydrogen-bond acceptors (Lipinski definition) is 2. The van der Waals surface area contributed by atoms with Gasteiger partial charge in [0.25, 0.3) is 0 Å². The Hall–Kier alpha value is -2.06. The third-order valence-electron chi connectivity index (χ3n) is 4.01. The van der Waals surface area contributed by atoms with E-state index in [0.717, 1.165) is 34.9 Å². The molecule has 4 rings (SSSR count). The zero-order valence-corrected chi connectivity index (χ0v) is 11.1. The normalized spacial score (nSPS) is 16.4. The van der Waals surface area contributed by atoms with Crippen molar-refractivity contribution in [1.29, 1.82) is 0 Å². The van der Waals surface area contributed by atoms with Crippen LogP contribution >= 0.6 is 0 Å². The summed E-state index contributed by atoms with van der Waals surface area (Å²) in [7, 11) is 0. The van der Waals surface area contributed by atoms with Crippen molar-refractivity contribution in [3.63, 3.8) is 0 Å². The van der Waals surface area contributed by atoms with E-state index in [2.05, 4.69) is 18.2 Å². The Balaban J connectivity index is 1.85. The first-order chi connectivity index (χ1) is 9.83. The molecule has 1 atom stereocenters. The van der Waals surface area contributed by atoms with Crippen molar-refractivity contribution in [3.8, 4) is 11.1 Å². The quantitative estimate of drug-likeness (QED) is 0.753. The van der Waals surface area contributed by atoms with Crippen LogP contribution in [0.1, 0.15) is 24.7 Å². The highest BCUT2D eigenvalue weighted by atomic mass is 16.4. The number of hydrogen-bond donors (Lipinski definition) is 1. The number of para-hydroxylation sites is 1. The molecule has 2 nitrogen and oxygen atoms in total. The van der Waals surface area contributed by atoms with Gasteiger partial charge in [-0.1, -0.05) is 48.5 Å². The van der Waals surface area contributed by atoms with Gasteiger partial charge >= 0.3 is 0 Å². The molecule has 0 saturated heterocycles. The summed E-state index contributed by atoms with van der Waals surface area (Å²) in [6, 6.07) is 18.3. The highest BCUT2D eigenvalue weighted by molar-refractivity contribution is 5.92. The second kappa shape index (κ2) is 4.50. The van der Waals surface area contributed by atoms with E-state index in [1.54, 1.807) is 0 Å². The summed E-state index contributed by atoms with van der Waals surface area (Å²) in [5.74, 6) is 1.08. The average molecular weight is 264 g/mol. The molecular weight excluding hydrogens is 248 g/mol. The van der Waals surface area contributed by atoms with Crippen LogP contribution in [0.4, 0.5) is 0 Å². The number of fused-ring (bicyclic) bond motifs is 1. The lowest BCUT2D eigenvalue weighted by Crippen LogP contribution is -1.96. The van der Waals surface area contributed by atoms with Crippen molar-refractivity contribution >= 4 is 11.0 Å². The molecule has 1 fully saturated rings. The number of aliphatic hydroxyl groups is 1. The Morgan fingerprint density at radius 1 is 1.00 bits per heavy atom. The molecule has 0 amide bonds. The van der Waals surface area contributed by atoms with Crippen LogP contribution in [0.3, 0.4) is 0 Å². The smallest absolute Gasteiger partial charge is 0.142 e. The molecular formula is C18H16O2. The lowest BCUT2D eigenvalue weighted by Gasteiger charge is -2.04. The van der Waals surface area contributed by atoms with Crippen LogP contribution in [0.2, 0.25) is 0 Å². The molecule has 1 saturated carbocycles. The molecule has 1 N–H and O–H groups in total. The summed E-state index contributed by atoms with van der Waals surface area (Å²) in [5, 5.41) is 11.3. The van der Waals surface area contributed by atoms with Crippen LogP contribution in [0, 0.1) is 5.92 Å². The predicted molar refractivity (Wildman–Crippen MR) is 79.3 cm³/mol. The van der Waals surface area contributed by atoms with Crippen molar-refractivity contribution in [2.24, 2.45) is 5.92 Å². The molecule has 1 aliphatic rings. The van der Waals surface area contributed by atoms with Gasteiger partial charge in [0.05, 0.1) is 0 Å². The molecule has 0 aliphatic heterocycles. The Kier molecular flexibility index (Phi) is 2.64. The number of rotatable bonds is 3. The Morgan fingerprint density at radius 2 is 1.80 bits per heavy atom. The van der Waals surface area contributed by atoms with E-state index in [4.69, 9.17) is 4.42 Å². The molecule has 0 bridgehead atoms. The third kappa shape index (κ3) is 1.93. The van der Waals surface area contributed by atoms with Gasteiger partial charge in [-0.25, -0.2) is 0 Å². The second-order valence-corrected chi connectivity index (χ2v) is 5.52. The topological polar surface area (TPSA) is 33.4 Å². The predicted octanol–water partition coefficient (Wildman–Crippen LogP) is 4.54. The molecule has 0 radical (unpaired) electrons. The SMILES string of the molecule is OC(c1cc2cccc(-c3ccccc3)c2o1)C1CC1. The van der Waals surface area contributed by atoms with Crippen molar-refractivity contribution in [3.05, 3.63) is 60.4 Å². The highest BCUT2D eigenvalue weighted by Crippen LogP contribution is 2.43. The van der Waals surface area contributed by atoms with Gasteiger partial charge in [0.1, 0.15) is 17.4 Å². The van der Waals surface area contributed by atoms with Crippen LogP contribution < -0.4 is 0 Å². The van der Waals surface area contributed by atoms with Crippen molar-refractivity contribution in [2.45, 2.75) is 18.9 Å². The average Bonchev–Trinajstić information content (AvgIpc) is 3.25. The summed E-state index contributed by atoms with van der Waals surface area (Å²) in [5.41, 5.74) is 3.09. The van der Waals surface area contributed by atoms with E-state index in [1.165, 1.54) is 0 Å². The lowest BCUT2D eigenvalue weighted by molar-refractivity contribution is 0.129. The zero-order valence-electron chi connectivity index (χ0n) is 11.1. The molecule has 2 heteroatoms. The molecule has 20 heavy (non-hydrogen) atoms. The minimum Gasteiger partial charge on any atom is -0.458 e. The minimum atomic E-state index is -0.453. The number of benzene rings is 2. The fourth-order valence-corrected chi connectivity index (χ4v) is 2.72. The number of furan rings is 1. The first-order valence-electron chi connectivity index (χ1n) is 7.09. The summed E-state index contributed by atoms with van der Waals surface area (Å²) in [4.78, 5) is 0. The molecule has 1 heterocycles. The summed E-state index contributed by atoms with van der Waals surface area (Å²) >= 11 is 0. The first kappa shape index (κ1) is 11.7. The Bertz CT molecular complexity index is 738. The minimum absolute atomic E-state index is 0.385. The van der Waals surface area contributed by atoms with Crippen molar-refractivity contribution in [2.75, 3.05) is 0 Å². The van der Waals surface area contributed by atoms with Gasteiger partial charge in [0, 0.05) is 10.9 Å². The highest BCUT2D eigenvalue weighted by Gasteiger charge is 2.33. The van der Waals surface area contributed by atoms with Crippen LogP contribution in [-0.4, -0.2) is 5.11 Å². The number of aliphatic hydroxyl groups excluding tert-OH is 1. The largest absolute Gasteiger partial charge is 0.458 e. The van der Waals surface area contributed by atoms with E-state index in [9.17, 15) is 5.11 Å². The van der Waals surface area contributed by atoms with Gasteiger partial charge < -0.3 is 9.52 Å². The summed E-state index contributed by atoms with van der Waals surface area (Å²) in [6.07, 6.45) is 1.75. The fourth-order valence-electron chi connectivity index (χ4n) is 2.72. The van der Waals surface area contributed by atoms with Gasteiger partial charge in [-0.3, -0.25) is 0 Å². The summed E-state index contributed by atoms with van der Waals surface area (Å²) < 4.78 is 5.97. The Labute approximate surface area is 117 Å². The second-order valence-electron chi connectivity index (χ2n) is 5.52. The molecule has 1 aliphatic carbocycles. The molecule has 1 unspecified atom stereocenters. The van der Waals surface area contributed by atoms with Gasteiger partial charge in [0.15, 0.2) is 0 Å². The van der Waals surface area contributed by atoms with Gasteiger partial charge in [0.2, 0.25) is 0 Å². The maximum Gasteiger partial charge on any atom is 0.142 e.